The van der Waals surface area contributed by atoms with Crippen LogP contribution in [0.3, 0.4) is 0 Å². The Labute approximate surface area is 190 Å². The van der Waals surface area contributed by atoms with E-state index in [1.165, 1.54) is 0 Å². The lowest BCUT2D eigenvalue weighted by Gasteiger charge is -2.28. The fourth-order valence-corrected chi connectivity index (χ4v) is 4.16. The van der Waals surface area contributed by atoms with Gasteiger partial charge in [0.25, 0.3) is 5.91 Å². The summed E-state index contributed by atoms with van der Waals surface area (Å²) < 4.78 is 7.08. The lowest BCUT2D eigenvalue weighted by Crippen LogP contribution is -2.37. The molecule has 0 atom stereocenters. The van der Waals surface area contributed by atoms with Crippen molar-refractivity contribution in [1.29, 1.82) is 0 Å². The predicted molar refractivity (Wildman–Crippen MR) is 120 cm³/mol. The zero-order valence-electron chi connectivity index (χ0n) is 18.1. The van der Waals surface area contributed by atoms with Crippen LogP contribution in [0.5, 0.6) is 0 Å². The van der Waals surface area contributed by atoms with Crippen molar-refractivity contribution < 1.29 is 14.3 Å². The number of para-hydroxylation sites is 1. The average Bonchev–Trinajstić information content (AvgIpc) is 3.21. The number of rotatable bonds is 5. The number of amides is 1. The zero-order chi connectivity index (χ0) is 22.8. The second kappa shape index (κ2) is 8.78. The van der Waals surface area contributed by atoms with Crippen molar-refractivity contribution in [2.24, 2.45) is 0 Å². The Hall–Kier alpha value is -4.14. The summed E-state index contributed by atoms with van der Waals surface area (Å²) in [6.07, 6.45) is 7.22. The molecule has 0 bridgehead atoms. The molecule has 4 heterocycles. The molecule has 9 nitrogen and oxygen atoms in total. The van der Waals surface area contributed by atoms with Crippen LogP contribution in [-0.4, -0.2) is 54.7 Å². The normalized spacial score (nSPS) is 13.1. The van der Waals surface area contributed by atoms with E-state index < -0.39 is 5.97 Å². The molecule has 0 saturated carbocycles. The van der Waals surface area contributed by atoms with Gasteiger partial charge in [-0.25, -0.2) is 4.79 Å². The van der Waals surface area contributed by atoms with Crippen molar-refractivity contribution >= 4 is 22.9 Å². The lowest BCUT2D eigenvalue weighted by atomic mass is 10.0. The molecule has 1 aliphatic rings. The summed E-state index contributed by atoms with van der Waals surface area (Å²) in [5.74, 6) is -0.629. The molecule has 0 unspecified atom stereocenters. The maximum atomic E-state index is 13.4. The van der Waals surface area contributed by atoms with E-state index in [1.807, 2.05) is 22.9 Å². The molecule has 0 spiro atoms. The van der Waals surface area contributed by atoms with Gasteiger partial charge in [-0.2, -0.15) is 5.10 Å². The third-order valence-corrected chi connectivity index (χ3v) is 5.70. The minimum absolute atomic E-state index is 0.150. The molecule has 9 heteroatoms. The van der Waals surface area contributed by atoms with E-state index in [0.29, 0.717) is 36.1 Å². The fourth-order valence-electron chi connectivity index (χ4n) is 4.16. The van der Waals surface area contributed by atoms with Crippen LogP contribution >= 0.6 is 0 Å². The molecule has 4 aromatic rings. The van der Waals surface area contributed by atoms with Crippen LogP contribution in [0, 0.1) is 0 Å². The summed E-state index contributed by atoms with van der Waals surface area (Å²) in [5, 5.41) is 4.58. The molecular formula is C24H22N6O3. The fraction of sp³-hybridized carbons (Fsp3) is 0.250. The molecule has 0 saturated heterocycles. The number of fused-ring (bicyclic) bond motifs is 2. The van der Waals surface area contributed by atoms with Gasteiger partial charge in [0.05, 0.1) is 30.8 Å². The highest BCUT2D eigenvalue weighted by Crippen LogP contribution is 2.26. The number of ether oxygens (including phenoxy) is 1. The number of nitrogens with zero attached hydrogens (tertiary/aromatic N) is 6. The van der Waals surface area contributed by atoms with E-state index in [-0.39, 0.29) is 24.8 Å². The zero-order valence-corrected chi connectivity index (χ0v) is 18.1. The number of benzene rings is 1. The number of carbonyl (C=O) groups excluding carboxylic acids is 2. The van der Waals surface area contributed by atoms with Crippen LogP contribution in [0.1, 0.15) is 44.6 Å². The molecule has 0 N–H and O–H groups in total. The monoisotopic (exact) mass is 442 g/mol. The summed E-state index contributed by atoms with van der Waals surface area (Å²) in [6.45, 7) is 3.30. The van der Waals surface area contributed by atoms with Gasteiger partial charge in [0.1, 0.15) is 5.52 Å². The van der Waals surface area contributed by atoms with E-state index in [0.717, 1.165) is 16.8 Å². The molecular weight excluding hydrogens is 420 g/mol. The molecule has 1 amide bonds. The van der Waals surface area contributed by atoms with Crippen LogP contribution < -0.4 is 0 Å². The van der Waals surface area contributed by atoms with E-state index in [2.05, 4.69) is 20.1 Å². The first-order chi connectivity index (χ1) is 16.2. The Balaban J connectivity index is 1.49. The van der Waals surface area contributed by atoms with Gasteiger partial charge in [-0.15, -0.1) is 0 Å². The molecule has 33 heavy (non-hydrogen) atoms. The third kappa shape index (κ3) is 3.93. The standard InChI is InChI=1S/C24H22N6O3/c1-2-33-24(32)22-18-15-29(23(31)17-4-3-5-19-21(17)27-12-11-26-19)13-8-20(18)30(28-22)14-16-6-9-25-10-7-16/h3-7,9-12H,2,8,13-15H2,1H3. The molecule has 3 aromatic heterocycles. The Bertz CT molecular complexity index is 1330. The van der Waals surface area contributed by atoms with Gasteiger partial charge in [-0.3, -0.25) is 24.4 Å². The smallest absolute Gasteiger partial charge is 0.359 e. The third-order valence-electron chi connectivity index (χ3n) is 5.70. The largest absolute Gasteiger partial charge is 0.461 e. The Morgan fingerprint density at radius 2 is 1.88 bits per heavy atom. The summed E-state index contributed by atoms with van der Waals surface area (Å²) in [7, 11) is 0. The van der Waals surface area contributed by atoms with Crippen LogP contribution in [0.25, 0.3) is 11.0 Å². The molecule has 1 aromatic carbocycles. The SMILES string of the molecule is CCOC(=O)c1nn(Cc2ccncc2)c2c1CN(C(=O)c1cccc3nccnc13)CC2. The van der Waals surface area contributed by atoms with E-state index in [4.69, 9.17) is 4.74 Å². The summed E-state index contributed by atoms with van der Waals surface area (Å²) in [4.78, 5) is 40.5. The topological polar surface area (TPSA) is 103 Å². The molecule has 5 rings (SSSR count). The summed E-state index contributed by atoms with van der Waals surface area (Å²) in [6, 6.07) is 9.22. The predicted octanol–water partition coefficient (Wildman–Crippen LogP) is 2.64. The van der Waals surface area contributed by atoms with Gasteiger partial charge in [-0.05, 0) is 36.8 Å². The van der Waals surface area contributed by atoms with E-state index in [1.54, 1.807) is 48.7 Å². The van der Waals surface area contributed by atoms with Crippen LogP contribution in [0.2, 0.25) is 0 Å². The molecule has 0 aliphatic carbocycles. The number of hydrogen-bond donors (Lipinski definition) is 0. The summed E-state index contributed by atoms with van der Waals surface area (Å²) >= 11 is 0. The molecule has 0 radical (unpaired) electrons. The van der Waals surface area contributed by atoms with E-state index >= 15 is 0 Å². The number of esters is 1. The molecule has 0 fully saturated rings. The van der Waals surface area contributed by atoms with Crippen LogP contribution in [0.4, 0.5) is 0 Å². The number of carbonyl (C=O) groups is 2. The van der Waals surface area contributed by atoms with Crippen molar-refractivity contribution in [3.63, 3.8) is 0 Å². The highest BCUT2D eigenvalue weighted by molar-refractivity contribution is 6.04. The minimum atomic E-state index is -0.479. The maximum absolute atomic E-state index is 13.4. The average molecular weight is 442 g/mol. The molecule has 166 valence electrons. The van der Waals surface area contributed by atoms with Gasteiger partial charge in [-0.1, -0.05) is 6.07 Å². The van der Waals surface area contributed by atoms with Gasteiger partial charge < -0.3 is 9.64 Å². The van der Waals surface area contributed by atoms with Crippen molar-refractivity contribution in [1.82, 2.24) is 29.6 Å². The second-order valence-corrected chi connectivity index (χ2v) is 7.71. The maximum Gasteiger partial charge on any atom is 0.359 e. The van der Waals surface area contributed by atoms with E-state index in [9.17, 15) is 9.59 Å². The van der Waals surface area contributed by atoms with Gasteiger partial charge >= 0.3 is 5.97 Å². The van der Waals surface area contributed by atoms with Gasteiger partial charge in [0.15, 0.2) is 5.69 Å². The highest BCUT2D eigenvalue weighted by Gasteiger charge is 2.31. The van der Waals surface area contributed by atoms with Crippen molar-refractivity contribution in [3.05, 3.63) is 83.2 Å². The Morgan fingerprint density at radius 1 is 1.06 bits per heavy atom. The lowest BCUT2D eigenvalue weighted by molar-refractivity contribution is 0.0513. The van der Waals surface area contributed by atoms with Crippen LogP contribution in [-0.2, 0) is 24.2 Å². The second-order valence-electron chi connectivity index (χ2n) is 7.71. The highest BCUT2D eigenvalue weighted by atomic mass is 16.5. The number of aromatic nitrogens is 5. The van der Waals surface area contributed by atoms with Crippen molar-refractivity contribution in [2.75, 3.05) is 13.2 Å². The van der Waals surface area contributed by atoms with Gasteiger partial charge in [0, 0.05) is 49.0 Å². The van der Waals surface area contributed by atoms with Crippen molar-refractivity contribution in [2.45, 2.75) is 26.4 Å². The molecule has 1 aliphatic heterocycles. The Kier molecular flexibility index (Phi) is 5.52. The summed E-state index contributed by atoms with van der Waals surface area (Å²) in [5.41, 5.74) is 4.68. The number of pyridine rings is 1. The van der Waals surface area contributed by atoms with Crippen molar-refractivity contribution in [3.8, 4) is 0 Å². The first-order valence-corrected chi connectivity index (χ1v) is 10.8. The quantitative estimate of drug-likeness (QED) is 0.438. The first-order valence-electron chi connectivity index (χ1n) is 10.8. The minimum Gasteiger partial charge on any atom is -0.461 e. The number of hydrogen-bond acceptors (Lipinski definition) is 7. The van der Waals surface area contributed by atoms with Gasteiger partial charge in [0.2, 0.25) is 0 Å². The Morgan fingerprint density at radius 3 is 2.70 bits per heavy atom. The van der Waals surface area contributed by atoms with Crippen LogP contribution in [0.15, 0.2) is 55.1 Å². The first kappa shape index (κ1) is 20.7.